The third-order valence-corrected chi connectivity index (χ3v) is 3.09. The molecule has 0 spiro atoms. The van der Waals surface area contributed by atoms with E-state index < -0.39 is 28.4 Å². The largest absolute Gasteiger partial charge is 0.768 e. The molecule has 0 bridgehead atoms. The highest BCUT2D eigenvalue weighted by Crippen LogP contribution is 2.32. The zero-order valence-corrected chi connectivity index (χ0v) is 9.23. The first-order valence-electron chi connectivity index (χ1n) is 4.59. The van der Waals surface area contributed by atoms with E-state index >= 15 is 0 Å². The number of carbonyl (C=O) groups is 1. The van der Waals surface area contributed by atoms with Gasteiger partial charge in [0, 0.05) is 15.7 Å². The fraction of sp³-hybridized carbons (Fsp3) is 0. The predicted octanol–water partition coefficient (Wildman–Crippen LogP) is 1.48. The SMILES string of the molecule is O=C(O)c1cc(S(=O)[O-])c2ccccc2c1O. The molecule has 1 unspecified atom stereocenters. The molecule has 0 amide bonds. The number of hydrogen-bond acceptors (Lipinski definition) is 4. The van der Waals surface area contributed by atoms with Gasteiger partial charge in [0.2, 0.25) is 0 Å². The Morgan fingerprint density at radius 1 is 1.24 bits per heavy atom. The van der Waals surface area contributed by atoms with Crippen LogP contribution in [0.3, 0.4) is 0 Å². The highest BCUT2D eigenvalue weighted by atomic mass is 32.2. The number of rotatable bonds is 2. The molecule has 6 heteroatoms. The maximum Gasteiger partial charge on any atom is 0.339 e. The number of benzene rings is 2. The molecule has 17 heavy (non-hydrogen) atoms. The van der Waals surface area contributed by atoms with Gasteiger partial charge < -0.3 is 14.8 Å². The van der Waals surface area contributed by atoms with E-state index in [0.29, 0.717) is 5.39 Å². The number of carboxylic acid groups (broad SMARTS) is 1. The molecule has 0 radical (unpaired) electrons. The van der Waals surface area contributed by atoms with Crippen LogP contribution in [0, 0.1) is 0 Å². The summed E-state index contributed by atoms with van der Waals surface area (Å²) < 4.78 is 22.1. The molecule has 0 aliphatic heterocycles. The van der Waals surface area contributed by atoms with Gasteiger partial charge in [0.1, 0.15) is 11.3 Å². The molecule has 0 fully saturated rings. The van der Waals surface area contributed by atoms with Gasteiger partial charge in [0.05, 0.1) is 0 Å². The first-order chi connectivity index (χ1) is 8.02. The number of fused-ring (bicyclic) bond motifs is 1. The van der Waals surface area contributed by atoms with E-state index in [0.717, 1.165) is 6.07 Å². The lowest BCUT2D eigenvalue weighted by atomic mass is 10.1. The monoisotopic (exact) mass is 251 g/mol. The van der Waals surface area contributed by atoms with Crippen molar-refractivity contribution in [3.8, 4) is 5.75 Å². The van der Waals surface area contributed by atoms with E-state index in [1.54, 1.807) is 12.1 Å². The summed E-state index contributed by atoms with van der Waals surface area (Å²) in [5, 5.41) is 19.1. The van der Waals surface area contributed by atoms with Crippen LogP contribution in [0.4, 0.5) is 0 Å². The van der Waals surface area contributed by atoms with Crippen molar-refractivity contribution in [1.82, 2.24) is 0 Å². The van der Waals surface area contributed by atoms with Crippen LogP contribution >= 0.6 is 0 Å². The number of aromatic carboxylic acids is 1. The van der Waals surface area contributed by atoms with Crippen LogP contribution in [-0.4, -0.2) is 24.9 Å². The Hall–Kier alpha value is -1.92. The molecule has 88 valence electrons. The zero-order chi connectivity index (χ0) is 12.6. The average molecular weight is 251 g/mol. The standard InChI is InChI=1S/C11H8O5S/c12-10-7-4-2-1-3-6(7)9(17(15)16)5-8(10)11(13)14/h1-5,12H,(H,13,14)(H,15,16)/p-1. The summed E-state index contributed by atoms with van der Waals surface area (Å²) in [5.74, 6) is -1.80. The quantitative estimate of drug-likeness (QED) is 0.788. The Bertz CT molecular complexity index is 635. The number of hydrogen-bond donors (Lipinski definition) is 2. The van der Waals surface area contributed by atoms with Crippen LogP contribution in [0.1, 0.15) is 10.4 Å². The van der Waals surface area contributed by atoms with Gasteiger partial charge in [0.25, 0.3) is 0 Å². The minimum Gasteiger partial charge on any atom is -0.768 e. The van der Waals surface area contributed by atoms with E-state index in [9.17, 15) is 18.7 Å². The molecule has 0 saturated heterocycles. The molecule has 1 atom stereocenters. The van der Waals surface area contributed by atoms with E-state index in [1.165, 1.54) is 12.1 Å². The van der Waals surface area contributed by atoms with Crippen molar-refractivity contribution in [3.05, 3.63) is 35.9 Å². The van der Waals surface area contributed by atoms with Gasteiger partial charge in [-0.25, -0.2) is 4.79 Å². The van der Waals surface area contributed by atoms with Gasteiger partial charge in [-0.15, -0.1) is 0 Å². The summed E-state index contributed by atoms with van der Waals surface area (Å²) in [7, 11) is 0. The molecule has 0 heterocycles. The Balaban J connectivity index is 2.94. The van der Waals surface area contributed by atoms with E-state index in [-0.39, 0.29) is 10.3 Å². The molecule has 2 aromatic carbocycles. The number of carboxylic acids is 1. The van der Waals surface area contributed by atoms with Gasteiger partial charge >= 0.3 is 5.97 Å². The van der Waals surface area contributed by atoms with Crippen molar-refractivity contribution in [2.45, 2.75) is 4.90 Å². The van der Waals surface area contributed by atoms with Crippen molar-refractivity contribution < 1.29 is 23.8 Å². The Kier molecular flexibility index (Phi) is 2.83. The lowest BCUT2D eigenvalue weighted by Gasteiger charge is -2.12. The normalized spacial score (nSPS) is 12.5. The topological polar surface area (TPSA) is 97.7 Å². The summed E-state index contributed by atoms with van der Waals surface area (Å²) in [5.41, 5.74) is -0.428. The van der Waals surface area contributed by atoms with Gasteiger partial charge in [0.15, 0.2) is 0 Å². The molecule has 0 aliphatic rings. The van der Waals surface area contributed by atoms with Crippen molar-refractivity contribution in [1.29, 1.82) is 0 Å². The second-order valence-electron chi connectivity index (χ2n) is 3.36. The maximum atomic E-state index is 11.0. The smallest absolute Gasteiger partial charge is 0.339 e. The van der Waals surface area contributed by atoms with Crippen molar-refractivity contribution in [2.75, 3.05) is 0 Å². The molecule has 0 saturated carbocycles. The Labute approximate surface area is 98.6 Å². The number of phenols is 1. The van der Waals surface area contributed by atoms with Crippen LogP contribution in [0.5, 0.6) is 5.75 Å². The first kappa shape index (κ1) is 11.6. The van der Waals surface area contributed by atoms with Gasteiger partial charge in [-0.2, -0.15) is 0 Å². The lowest BCUT2D eigenvalue weighted by Crippen LogP contribution is -2.01. The van der Waals surface area contributed by atoms with Gasteiger partial charge in [-0.3, -0.25) is 4.21 Å². The predicted molar refractivity (Wildman–Crippen MR) is 59.8 cm³/mol. The maximum absolute atomic E-state index is 11.0. The Morgan fingerprint density at radius 3 is 2.35 bits per heavy atom. The van der Waals surface area contributed by atoms with Crippen LogP contribution in [0.15, 0.2) is 35.2 Å². The Morgan fingerprint density at radius 2 is 1.82 bits per heavy atom. The van der Waals surface area contributed by atoms with E-state index in [1.807, 2.05) is 0 Å². The third-order valence-electron chi connectivity index (χ3n) is 2.39. The number of aromatic hydroxyl groups is 1. The minimum atomic E-state index is -2.56. The second kappa shape index (κ2) is 4.15. The summed E-state index contributed by atoms with van der Waals surface area (Å²) in [6.07, 6.45) is 0. The molecular formula is C11H7O5S-. The van der Waals surface area contributed by atoms with Crippen molar-refractivity contribution >= 4 is 27.8 Å². The fourth-order valence-corrected chi connectivity index (χ4v) is 2.20. The van der Waals surface area contributed by atoms with Gasteiger partial charge in [-0.05, 0) is 17.1 Å². The average Bonchev–Trinajstić information content (AvgIpc) is 2.29. The van der Waals surface area contributed by atoms with E-state index in [4.69, 9.17) is 5.11 Å². The molecular weight excluding hydrogens is 244 g/mol. The summed E-state index contributed by atoms with van der Waals surface area (Å²) in [6.45, 7) is 0. The van der Waals surface area contributed by atoms with Crippen LogP contribution in [-0.2, 0) is 11.1 Å². The fourth-order valence-electron chi connectivity index (χ4n) is 1.63. The van der Waals surface area contributed by atoms with Crippen LogP contribution < -0.4 is 0 Å². The molecule has 0 aromatic heterocycles. The lowest BCUT2D eigenvalue weighted by molar-refractivity contribution is 0.0694. The zero-order valence-electron chi connectivity index (χ0n) is 8.41. The van der Waals surface area contributed by atoms with Crippen molar-refractivity contribution in [2.24, 2.45) is 0 Å². The molecule has 2 rings (SSSR count). The molecule has 0 aliphatic carbocycles. The van der Waals surface area contributed by atoms with E-state index in [2.05, 4.69) is 0 Å². The molecule has 2 aromatic rings. The van der Waals surface area contributed by atoms with Crippen molar-refractivity contribution in [3.63, 3.8) is 0 Å². The highest BCUT2D eigenvalue weighted by Gasteiger charge is 2.16. The van der Waals surface area contributed by atoms with Gasteiger partial charge in [-0.1, -0.05) is 24.3 Å². The van der Waals surface area contributed by atoms with Crippen LogP contribution in [0.25, 0.3) is 10.8 Å². The summed E-state index contributed by atoms with van der Waals surface area (Å²) >= 11 is -2.56. The highest BCUT2D eigenvalue weighted by molar-refractivity contribution is 7.79. The summed E-state index contributed by atoms with van der Waals surface area (Å²) in [6, 6.07) is 7.12. The first-order valence-corrected chi connectivity index (χ1v) is 5.67. The van der Waals surface area contributed by atoms with Crippen LogP contribution in [0.2, 0.25) is 0 Å². The molecule has 2 N–H and O–H groups in total. The summed E-state index contributed by atoms with van der Waals surface area (Å²) in [4.78, 5) is 10.7. The minimum absolute atomic E-state index is 0.143. The third kappa shape index (κ3) is 1.88. The second-order valence-corrected chi connectivity index (χ2v) is 4.27. The molecule has 5 nitrogen and oxygen atoms in total.